The molecule has 2 aromatic rings. The lowest BCUT2D eigenvalue weighted by molar-refractivity contribution is -0.385. The molecule has 8 heteroatoms. The molecule has 0 radical (unpaired) electrons. The molecule has 0 atom stereocenters. The summed E-state index contributed by atoms with van der Waals surface area (Å²) in [6.45, 7) is 4.09. The van der Waals surface area contributed by atoms with E-state index in [9.17, 15) is 14.9 Å². The van der Waals surface area contributed by atoms with Gasteiger partial charge in [-0.25, -0.2) is 5.43 Å². The van der Waals surface area contributed by atoms with E-state index in [2.05, 4.69) is 29.5 Å². The summed E-state index contributed by atoms with van der Waals surface area (Å²) >= 11 is 0. The Morgan fingerprint density at radius 2 is 2.13 bits per heavy atom. The van der Waals surface area contributed by atoms with Gasteiger partial charge in [-0.15, -0.1) is 0 Å². The summed E-state index contributed by atoms with van der Waals surface area (Å²) in [5.74, 6) is 0.0388. The monoisotopic (exact) mass is 315 g/mol. The number of nitrogens with zero attached hydrogens (tertiary/aromatic N) is 4. The average Bonchev–Trinajstić information content (AvgIpc) is 2.96. The van der Waals surface area contributed by atoms with Crippen LogP contribution < -0.4 is 5.43 Å². The quantitative estimate of drug-likeness (QED) is 0.500. The zero-order valence-electron chi connectivity index (χ0n) is 12.8. The lowest BCUT2D eigenvalue weighted by Gasteiger charge is -2.04. The smallest absolute Gasteiger partial charge is 0.271 e. The fourth-order valence-electron chi connectivity index (χ4n) is 1.86. The molecule has 0 fully saturated rings. The van der Waals surface area contributed by atoms with E-state index in [1.807, 2.05) is 24.3 Å². The van der Waals surface area contributed by atoms with Crippen molar-refractivity contribution in [3.63, 3.8) is 0 Å². The van der Waals surface area contributed by atoms with Gasteiger partial charge in [-0.05, 0) is 17.0 Å². The molecular formula is C15H17N5O3. The predicted molar refractivity (Wildman–Crippen MR) is 85.1 cm³/mol. The number of aromatic nitrogens is 2. The maximum atomic E-state index is 11.7. The highest BCUT2D eigenvalue weighted by atomic mass is 16.6. The van der Waals surface area contributed by atoms with Gasteiger partial charge in [0, 0.05) is 0 Å². The van der Waals surface area contributed by atoms with Gasteiger partial charge < -0.3 is 0 Å². The van der Waals surface area contributed by atoms with E-state index in [-0.39, 0.29) is 12.2 Å². The van der Waals surface area contributed by atoms with Gasteiger partial charge in [0.25, 0.3) is 5.91 Å². The van der Waals surface area contributed by atoms with Gasteiger partial charge >= 0.3 is 5.69 Å². The molecule has 0 unspecified atom stereocenters. The Labute approximate surface area is 133 Å². The van der Waals surface area contributed by atoms with Crippen LogP contribution in [0.25, 0.3) is 0 Å². The molecule has 23 heavy (non-hydrogen) atoms. The average molecular weight is 315 g/mol. The van der Waals surface area contributed by atoms with Crippen molar-refractivity contribution in [2.45, 2.75) is 26.3 Å². The van der Waals surface area contributed by atoms with Gasteiger partial charge in [0.15, 0.2) is 0 Å². The van der Waals surface area contributed by atoms with Crippen molar-refractivity contribution < 1.29 is 9.72 Å². The number of rotatable bonds is 6. The van der Waals surface area contributed by atoms with E-state index in [1.165, 1.54) is 22.7 Å². The Bertz CT molecular complexity index is 719. The van der Waals surface area contributed by atoms with E-state index >= 15 is 0 Å². The fourth-order valence-corrected chi connectivity index (χ4v) is 1.86. The highest BCUT2D eigenvalue weighted by Crippen LogP contribution is 2.13. The normalized spacial score (nSPS) is 11.1. The third-order valence-electron chi connectivity index (χ3n) is 3.14. The SMILES string of the molecule is CC(C)c1ccc(C=NNC(=O)Cn2cc([N+](=O)[O-])cn2)cc1. The standard InChI is InChI=1S/C15H17N5O3/c1-11(2)13-5-3-12(4-6-13)7-16-18-15(21)10-19-9-14(8-17-19)20(22)23/h3-9,11H,10H2,1-2H3,(H,18,21). The Hall–Kier alpha value is -3.03. The van der Waals surface area contributed by atoms with E-state index in [0.29, 0.717) is 5.92 Å². The molecule has 1 amide bonds. The summed E-state index contributed by atoms with van der Waals surface area (Å²) in [4.78, 5) is 21.6. The molecule has 1 aromatic carbocycles. The summed E-state index contributed by atoms with van der Waals surface area (Å²) in [5.41, 5.74) is 4.29. The minimum Gasteiger partial charge on any atom is -0.271 e. The van der Waals surface area contributed by atoms with Crippen LogP contribution in [0.1, 0.15) is 30.9 Å². The van der Waals surface area contributed by atoms with Gasteiger partial charge in [0.2, 0.25) is 0 Å². The Morgan fingerprint density at radius 1 is 1.43 bits per heavy atom. The zero-order valence-corrected chi connectivity index (χ0v) is 12.8. The van der Waals surface area contributed by atoms with Gasteiger partial charge in [0.05, 0.1) is 11.1 Å². The van der Waals surface area contributed by atoms with Crippen molar-refractivity contribution in [2.24, 2.45) is 5.10 Å². The van der Waals surface area contributed by atoms with Crippen LogP contribution in [-0.4, -0.2) is 26.8 Å². The molecule has 120 valence electrons. The van der Waals surface area contributed by atoms with Crippen LogP contribution in [0.15, 0.2) is 41.8 Å². The van der Waals surface area contributed by atoms with Crippen molar-refractivity contribution in [3.8, 4) is 0 Å². The van der Waals surface area contributed by atoms with E-state index in [4.69, 9.17) is 0 Å². The highest BCUT2D eigenvalue weighted by molar-refractivity contribution is 5.82. The van der Waals surface area contributed by atoms with E-state index in [0.717, 1.165) is 11.8 Å². The molecule has 0 spiro atoms. The second-order valence-corrected chi connectivity index (χ2v) is 5.27. The number of carbonyl (C=O) groups excluding carboxylic acids is 1. The van der Waals surface area contributed by atoms with Crippen molar-refractivity contribution in [1.82, 2.24) is 15.2 Å². The summed E-state index contributed by atoms with van der Waals surface area (Å²) in [7, 11) is 0. The molecule has 1 N–H and O–H groups in total. The van der Waals surface area contributed by atoms with Crippen LogP contribution in [0.2, 0.25) is 0 Å². The van der Waals surface area contributed by atoms with Crippen LogP contribution in [-0.2, 0) is 11.3 Å². The number of hydrazone groups is 1. The van der Waals surface area contributed by atoms with E-state index < -0.39 is 10.8 Å². The largest absolute Gasteiger partial charge is 0.307 e. The van der Waals surface area contributed by atoms with Crippen LogP contribution in [0.5, 0.6) is 0 Å². The van der Waals surface area contributed by atoms with Crippen molar-refractivity contribution in [1.29, 1.82) is 0 Å². The Kier molecular flexibility index (Phi) is 5.19. The lowest BCUT2D eigenvalue weighted by Crippen LogP contribution is -2.23. The summed E-state index contributed by atoms with van der Waals surface area (Å²) < 4.78 is 1.18. The lowest BCUT2D eigenvalue weighted by atomic mass is 10.0. The third kappa shape index (κ3) is 4.73. The first-order chi connectivity index (χ1) is 11.0. The first-order valence-corrected chi connectivity index (χ1v) is 7.04. The van der Waals surface area contributed by atoms with Crippen LogP contribution in [0, 0.1) is 10.1 Å². The first kappa shape index (κ1) is 16.3. The number of carbonyl (C=O) groups is 1. The van der Waals surface area contributed by atoms with Gasteiger partial charge in [-0.1, -0.05) is 38.1 Å². The maximum Gasteiger partial charge on any atom is 0.307 e. The number of hydrogen-bond donors (Lipinski definition) is 1. The zero-order chi connectivity index (χ0) is 16.8. The fraction of sp³-hybridized carbons (Fsp3) is 0.267. The topological polar surface area (TPSA) is 102 Å². The molecule has 2 rings (SSSR count). The molecule has 1 aromatic heterocycles. The molecule has 0 saturated heterocycles. The Morgan fingerprint density at radius 3 is 2.70 bits per heavy atom. The number of benzene rings is 1. The molecule has 0 saturated carbocycles. The van der Waals surface area contributed by atoms with Crippen molar-refractivity contribution in [2.75, 3.05) is 0 Å². The van der Waals surface area contributed by atoms with Crippen molar-refractivity contribution >= 4 is 17.8 Å². The van der Waals surface area contributed by atoms with Gasteiger partial charge in [-0.2, -0.15) is 10.2 Å². The van der Waals surface area contributed by atoms with Crippen LogP contribution >= 0.6 is 0 Å². The Balaban J connectivity index is 1.86. The van der Waals surface area contributed by atoms with Crippen LogP contribution in [0.4, 0.5) is 5.69 Å². The predicted octanol–water partition coefficient (Wildman–Crippen LogP) is 2.06. The third-order valence-corrected chi connectivity index (χ3v) is 3.14. The number of hydrogen-bond acceptors (Lipinski definition) is 5. The summed E-state index contributed by atoms with van der Waals surface area (Å²) in [6, 6.07) is 7.86. The highest BCUT2D eigenvalue weighted by Gasteiger charge is 2.10. The molecule has 8 nitrogen and oxygen atoms in total. The first-order valence-electron chi connectivity index (χ1n) is 7.04. The number of amides is 1. The second-order valence-electron chi connectivity index (χ2n) is 5.27. The van der Waals surface area contributed by atoms with Crippen molar-refractivity contribution in [3.05, 3.63) is 57.9 Å². The number of nitro groups is 1. The molecule has 0 aliphatic carbocycles. The molecular weight excluding hydrogens is 298 g/mol. The van der Waals surface area contributed by atoms with E-state index in [1.54, 1.807) is 0 Å². The van der Waals surface area contributed by atoms with Crippen LogP contribution in [0.3, 0.4) is 0 Å². The maximum absolute atomic E-state index is 11.7. The van der Waals surface area contributed by atoms with Gasteiger partial charge in [-0.3, -0.25) is 19.6 Å². The molecule has 1 heterocycles. The number of nitrogens with one attached hydrogen (secondary N) is 1. The minimum absolute atomic E-state index is 0.141. The molecule has 0 aliphatic rings. The minimum atomic E-state index is -0.569. The molecule has 0 bridgehead atoms. The second kappa shape index (κ2) is 7.30. The summed E-state index contributed by atoms with van der Waals surface area (Å²) in [6.07, 6.45) is 3.81. The summed E-state index contributed by atoms with van der Waals surface area (Å²) in [5, 5.41) is 18.1. The molecule has 0 aliphatic heterocycles. The van der Waals surface area contributed by atoms with Gasteiger partial charge in [0.1, 0.15) is 18.9 Å².